The Morgan fingerprint density at radius 2 is 0.977 bits per heavy atom. The van der Waals surface area contributed by atoms with E-state index in [-0.39, 0.29) is 23.6 Å². The molecule has 464 valence electrons. The summed E-state index contributed by atoms with van der Waals surface area (Å²) < 4.78 is 16.1. The van der Waals surface area contributed by atoms with E-state index in [9.17, 15) is 9.59 Å². The molecule has 0 fully saturated rings. The van der Waals surface area contributed by atoms with Gasteiger partial charge in [-0.05, 0) is 167 Å². The Labute approximate surface area is 523 Å². The van der Waals surface area contributed by atoms with Gasteiger partial charge in [0.2, 0.25) is 19.6 Å². The molecule has 10 heteroatoms. The molecule has 0 saturated carbocycles. The monoisotopic (exact) mass is 1180 g/mol. The number of benzene rings is 4. The summed E-state index contributed by atoms with van der Waals surface area (Å²) in [4.78, 5) is 32.8. The zero-order valence-electron chi connectivity index (χ0n) is 54.7. The van der Waals surface area contributed by atoms with Crippen LogP contribution in [0.25, 0.3) is 38.3 Å². The number of carbonyl (C=O) groups is 2. The van der Waals surface area contributed by atoms with Crippen LogP contribution in [0.5, 0.6) is 0 Å². The number of nitrogens with zero attached hydrogens (tertiary/aromatic N) is 3. The molecule has 4 aromatic rings. The lowest BCUT2D eigenvalue weighted by Gasteiger charge is -2.36. The molecule has 86 heavy (non-hydrogen) atoms. The third kappa shape index (κ3) is 42.2. The van der Waals surface area contributed by atoms with E-state index in [0.29, 0.717) is 44.0 Å². The molecule has 0 spiro atoms. The fourth-order valence-corrected chi connectivity index (χ4v) is 7.99. The summed E-state index contributed by atoms with van der Waals surface area (Å²) >= 11 is 0. The van der Waals surface area contributed by atoms with E-state index >= 15 is 0 Å². The van der Waals surface area contributed by atoms with Gasteiger partial charge in [-0.1, -0.05) is 199 Å². The number of ether oxygens (including phenoxy) is 2. The van der Waals surface area contributed by atoms with Gasteiger partial charge in [0, 0.05) is 19.3 Å². The van der Waals surface area contributed by atoms with Crippen molar-refractivity contribution in [1.82, 2.24) is 0 Å². The highest BCUT2D eigenvalue weighted by Gasteiger charge is 2.37. The Balaban J connectivity index is 0. The van der Waals surface area contributed by atoms with E-state index in [1.54, 1.807) is 19.1 Å². The molecule has 0 aliphatic heterocycles. The minimum Gasteiger partial charge on any atom is -0.462 e. The van der Waals surface area contributed by atoms with Crippen molar-refractivity contribution in [3.8, 4) is 0 Å². The van der Waals surface area contributed by atoms with Crippen LogP contribution in [0.2, 0.25) is 18.1 Å². The summed E-state index contributed by atoms with van der Waals surface area (Å²) in [5.41, 5.74) is 9.43. The number of aliphatic hydroxyl groups is 1. The fourth-order valence-electron chi connectivity index (χ4n) is 7.03. The van der Waals surface area contributed by atoms with Crippen LogP contribution < -0.4 is 0 Å². The molecule has 9 nitrogen and oxygen atoms in total. The van der Waals surface area contributed by atoms with Crippen molar-refractivity contribution in [1.29, 1.82) is 0 Å². The minimum absolute atomic E-state index is 0.116. The predicted octanol–water partition coefficient (Wildman–Crippen LogP) is 21.5. The van der Waals surface area contributed by atoms with E-state index in [1.165, 1.54) is 22.3 Å². The maximum atomic E-state index is 11.6. The number of hydrogen-bond acceptors (Lipinski definition) is 6. The summed E-state index contributed by atoms with van der Waals surface area (Å²) in [5.74, 6) is -0.534. The molecule has 0 heterocycles. The first-order chi connectivity index (χ1) is 41.4. The second kappa shape index (κ2) is 54.0. The first-order valence-electron chi connectivity index (χ1n) is 30.6. The van der Waals surface area contributed by atoms with Crippen LogP contribution in [0.3, 0.4) is 0 Å². The van der Waals surface area contributed by atoms with Crippen molar-refractivity contribution in [2.45, 2.75) is 172 Å². The van der Waals surface area contributed by atoms with Gasteiger partial charge in [-0.25, -0.2) is 29.3 Å². The Morgan fingerprint density at radius 3 is 1.38 bits per heavy atom. The van der Waals surface area contributed by atoms with Gasteiger partial charge in [0.05, 0.1) is 37.6 Å². The molecule has 0 aliphatic carbocycles. The predicted molar refractivity (Wildman–Crippen MR) is 372 cm³/mol. The fraction of sp³-hybridized carbons (Fsp3) is 0.408. The zero-order valence-corrected chi connectivity index (χ0v) is 55.7. The van der Waals surface area contributed by atoms with Crippen LogP contribution in [0.15, 0.2) is 170 Å². The Bertz CT molecular complexity index is 2750. The zero-order chi connectivity index (χ0) is 64.5. The number of carbonyl (C=O) groups excluding carboxylic acids is 2. The largest absolute Gasteiger partial charge is 0.462 e. The van der Waals surface area contributed by atoms with Gasteiger partial charge in [-0.2, -0.15) is 0 Å². The van der Waals surface area contributed by atoms with Crippen LogP contribution >= 0.6 is 0 Å². The summed E-state index contributed by atoms with van der Waals surface area (Å²) in [7, 11) is -1.64. The topological polar surface area (TPSA) is 95.1 Å². The quantitative estimate of drug-likeness (QED) is 0.0210. The molecule has 0 aliphatic rings. The molecule has 0 radical (unpaired) electrons. The molecule has 0 amide bonds. The molecular formula is C76H105N3O6Si. The van der Waals surface area contributed by atoms with Crippen LogP contribution in [0.1, 0.15) is 194 Å². The maximum Gasteiger partial charge on any atom is 0.338 e. The molecule has 0 atom stereocenters. The van der Waals surface area contributed by atoms with E-state index in [2.05, 4.69) is 117 Å². The van der Waals surface area contributed by atoms with E-state index < -0.39 is 8.32 Å². The first kappa shape index (κ1) is 80.4. The van der Waals surface area contributed by atoms with Crippen LogP contribution in [0, 0.1) is 19.7 Å². The molecule has 4 rings (SSSR count). The van der Waals surface area contributed by atoms with Crippen molar-refractivity contribution in [3.05, 3.63) is 249 Å². The average Bonchev–Trinajstić information content (AvgIpc) is 3.41. The Hall–Kier alpha value is -7.65. The number of esters is 2. The van der Waals surface area contributed by atoms with Gasteiger partial charge in [-0.15, -0.1) is 0 Å². The number of unbranched alkanes of at least 4 members (excludes halogenated alkanes) is 4. The van der Waals surface area contributed by atoms with Gasteiger partial charge < -0.3 is 33.5 Å². The second-order valence-corrected chi connectivity index (χ2v) is 25.8. The Morgan fingerprint density at radius 1 is 0.535 bits per heavy atom. The highest BCUT2D eigenvalue weighted by Crippen LogP contribution is 2.37. The van der Waals surface area contributed by atoms with Crippen molar-refractivity contribution in [2.75, 3.05) is 32.8 Å². The lowest BCUT2D eigenvalue weighted by Crippen LogP contribution is -2.40. The summed E-state index contributed by atoms with van der Waals surface area (Å²) in [6.45, 7) is 50.6. The minimum atomic E-state index is -1.64. The van der Waals surface area contributed by atoms with Gasteiger partial charge in [0.15, 0.2) is 8.32 Å². The van der Waals surface area contributed by atoms with Gasteiger partial charge in [-0.3, -0.25) is 0 Å². The molecular weight excluding hydrogens is 1080 g/mol. The lowest BCUT2D eigenvalue weighted by atomic mass is 9.99. The molecule has 0 saturated heterocycles. The van der Waals surface area contributed by atoms with Crippen LogP contribution in [-0.4, -0.2) is 58.2 Å². The number of aliphatic hydroxyl groups excluding tert-OH is 1. The molecule has 4 aromatic carbocycles. The van der Waals surface area contributed by atoms with Gasteiger partial charge in [0.25, 0.3) is 0 Å². The van der Waals surface area contributed by atoms with Gasteiger partial charge >= 0.3 is 11.9 Å². The van der Waals surface area contributed by atoms with Crippen LogP contribution in [-0.2, 0) is 27.1 Å². The maximum absolute atomic E-state index is 11.6. The van der Waals surface area contributed by atoms with Crippen LogP contribution in [0.4, 0.5) is 0 Å². The molecule has 0 bridgehead atoms. The number of hydrogen-bond donors (Lipinski definition) is 1. The van der Waals surface area contributed by atoms with Crippen molar-refractivity contribution >= 4 is 44.1 Å². The molecule has 0 unspecified atom stereocenters. The second-order valence-electron chi connectivity index (χ2n) is 21.0. The highest BCUT2D eigenvalue weighted by atomic mass is 28.4. The lowest BCUT2D eigenvalue weighted by molar-refractivity contribution is 0.0516. The average molecular weight is 1180 g/mol. The van der Waals surface area contributed by atoms with E-state index in [4.69, 9.17) is 38.7 Å². The SMILES string of the molecule is C/C=C/c1cccc(CO)c1.C/C=C/c1cccc(CO[Si](C)(C)C(C)(C)C)c1.CCC/C=C(\CCC)c1ccc(C(=O)OCC)cc1.[C-]#[N+]CCC/C=C/C=C/C.[C-]#[N+]CCC/C=C/C=C\C.[C-]#[N+]CCC/C=C/c1ccc(C(=O)OCC)cc1. The standard InChI is InChI=1S/C17H24O2.C16H26OSi.C15H17NO2.C10H12O.2C9H13N/c1-4-7-9-14(8-5-2)15-10-12-16(13-11-15)17(18)19-6-3;1-7-9-14-10-8-11-15(12-14)13-17-18(5,6)16(2,3)4;1-3-18-15(17)14-10-8-13(9-11-14)7-5-4-6-12-16-2;1-2-4-9-5-3-6-10(7-9)8-11;2*1-3-4-5-6-7-8-9-10-2/h9-13H,4-8H2,1-3H3;7-12H,13H2,1-6H3;5,7-11H,3-4,6,12H2,1H3;2-7,11H,8H2,1H3;2*3-6H,7-9H2,1H3/b14-9+;9-7+;7-5+;4-2+;4-3+,6-5+;4-3-,6-5+. The number of allylic oxidation sites excluding steroid dienone is 13. The summed E-state index contributed by atoms with van der Waals surface area (Å²) in [5, 5.41) is 9.08. The van der Waals surface area contributed by atoms with Gasteiger partial charge in [0.1, 0.15) is 0 Å². The smallest absolute Gasteiger partial charge is 0.338 e. The van der Waals surface area contributed by atoms with Crippen molar-refractivity contribution in [3.63, 3.8) is 0 Å². The summed E-state index contributed by atoms with van der Waals surface area (Å²) in [6.07, 6.45) is 41.0. The normalized spacial score (nSPS) is 11.3. The van der Waals surface area contributed by atoms with E-state index in [0.717, 1.165) is 87.5 Å². The molecule has 0 aromatic heterocycles. The third-order valence-electron chi connectivity index (χ3n) is 12.7. The molecule has 1 N–H and O–H groups in total. The van der Waals surface area contributed by atoms with Crippen molar-refractivity contribution < 1.29 is 28.6 Å². The third-order valence-corrected chi connectivity index (χ3v) is 17.2. The van der Waals surface area contributed by atoms with Crippen molar-refractivity contribution in [2.24, 2.45) is 0 Å². The van der Waals surface area contributed by atoms with E-state index in [1.807, 2.05) is 156 Å². The number of rotatable bonds is 27. The first-order valence-corrected chi connectivity index (χ1v) is 33.5. The summed E-state index contributed by atoms with van der Waals surface area (Å²) in [6, 6.07) is 31.4. The Kier molecular flexibility index (Phi) is 50.5. The highest BCUT2D eigenvalue weighted by molar-refractivity contribution is 6.74.